The Morgan fingerprint density at radius 1 is 1.31 bits per heavy atom. The van der Waals surface area contributed by atoms with Crippen molar-refractivity contribution in [3.63, 3.8) is 0 Å². The molecular formula is C10H8O6. The van der Waals surface area contributed by atoms with E-state index in [-0.39, 0.29) is 11.3 Å². The Bertz CT molecular complexity index is 437. The Morgan fingerprint density at radius 2 is 2.00 bits per heavy atom. The summed E-state index contributed by atoms with van der Waals surface area (Å²) in [5.74, 6) is -3.10. The first kappa shape index (κ1) is 11.7. The molecule has 0 aliphatic carbocycles. The van der Waals surface area contributed by atoms with E-state index in [1.54, 1.807) is 0 Å². The van der Waals surface area contributed by atoms with Crippen LogP contribution >= 0.6 is 0 Å². The molecule has 0 radical (unpaired) electrons. The number of ketones is 1. The summed E-state index contributed by atoms with van der Waals surface area (Å²) in [5.41, 5.74) is -0.298. The minimum atomic E-state index is -1.24. The molecule has 0 fully saturated rings. The molecule has 1 aromatic carbocycles. The Hall–Kier alpha value is -2.37. The van der Waals surface area contributed by atoms with E-state index in [0.29, 0.717) is 6.29 Å². The van der Waals surface area contributed by atoms with Crippen molar-refractivity contribution in [2.75, 3.05) is 6.61 Å². The maximum absolute atomic E-state index is 11.4. The minimum absolute atomic E-state index is 0.240. The van der Waals surface area contributed by atoms with E-state index >= 15 is 0 Å². The van der Waals surface area contributed by atoms with Crippen molar-refractivity contribution in [2.45, 2.75) is 0 Å². The normalized spacial score (nSPS) is 9.50. The molecule has 1 aromatic rings. The minimum Gasteiger partial charge on any atom is -0.508 e. The summed E-state index contributed by atoms with van der Waals surface area (Å²) in [4.78, 5) is 32.3. The van der Waals surface area contributed by atoms with E-state index in [4.69, 9.17) is 5.11 Å². The number of esters is 1. The van der Waals surface area contributed by atoms with Crippen LogP contribution in [-0.2, 0) is 14.3 Å². The van der Waals surface area contributed by atoms with Gasteiger partial charge in [-0.15, -0.1) is 0 Å². The number of aromatic hydroxyl groups is 2. The Balaban J connectivity index is 2.88. The lowest BCUT2D eigenvalue weighted by Gasteiger charge is -2.03. The SMILES string of the molecule is O=CCOC(=O)C(=O)c1ccc(O)cc1O. The lowest BCUT2D eigenvalue weighted by atomic mass is 10.1. The number of hydrogen-bond donors (Lipinski definition) is 2. The highest BCUT2D eigenvalue weighted by molar-refractivity contribution is 6.41. The molecule has 6 nitrogen and oxygen atoms in total. The summed E-state index contributed by atoms with van der Waals surface area (Å²) in [6.07, 6.45) is 0.321. The number of phenolic OH excluding ortho intramolecular Hbond substituents is 2. The van der Waals surface area contributed by atoms with E-state index in [9.17, 15) is 19.5 Å². The highest BCUT2D eigenvalue weighted by atomic mass is 16.5. The zero-order valence-corrected chi connectivity index (χ0v) is 8.04. The third-order valence-electron chi connectivity index (χ3n) is 1.69. The molecule has 16 heavy (non-hydrogen) atoms. The van der Waals surface area contributed by atoms with Crippen LogP contribution in [0, 0.1) is 0 Å². The highest BCUT2D eigenvalue weighted by Gasteiger charge is 2.21. The molecule has 0 aromatic heterocycles. The second kappa shape index (κ2) is 4.92. The summed E-state index contributed by atoms with van der Waals surface area (Å²) in [5, 5.41) is 18.2. The van der Waals surface area contributed by atoms with E-state index < -0.39 is 24.1 Å². The van der Waals surface area contributed by atoms with Crippen molar-refractivity contribution >= 4 is 18.0 Å². The molecule has 0 bridgehead atoms. The van der Waals surface area contributed by atoms with E-state index in [1.807, 2.05) is 0 Å². The highest BCUT2D eigenvalue weighted by Crippen LogP contribution is 2.23. The molecule has 0 amide bonds. The monoisotopic (exact) mass is 224 g/mol. The molecule has 0 atom stereocenters. The zero-order valence-electron chi connectivity index (χ0n) is 8.04. The van der Waals surface area contributed by atoms with Gasteiger partial charge in [0.15, 0.2) is 6.29 Å². The van der Waals surface area contributed by atoms with Crippen molar-refractivity contribution in [3.8, 4) is 11.5 Å². The molecule has 0 heterocycles. The van der Waals surface area contributed by atoms with Crippen LogP contribution in [0.25, 0.3) is 0 Å². The van der Waals surface area contributed by atoms with Gasteiger partial charge < -0.3 is 14.9 Å². The number of hydrogen-bond acceptors (Lipinski definition) is 6. The summed E-state index contributed by atoms with van der Waals surface area (Å²) < 4.78 is 4.26. The van der Waals surface area contributed by atoms with Gasteiger partial charge in [0, 0.05) is 6.07 Å². The van der Waals surface area contributed by atoms with Crippen LogP contribution in [0.3, 0.4) is 0 Å². The molecule has 84 valence electrons. The van der Waals surface area contributed by atoms with Crippen LogP contribution in [0.15, 0.2) is 18.2 Å². The average Bonchev–Trinajstić information content (AvgIpc) is 2.25. The number of benzene rings is 1. The zero-order chi connectivity index (χ0) is 12.1. The quantitative estimate of drug-likeness (QED) is 0.323. The third kappa shape index (κ3) is 2.57. The van der Waals surface area contributed by atoms with Crippen molar-refractivity contribution < 1.29 is 29.3 Å². The molecule has 0 unspecified atom stereocenters. The largest absolute Gasteiger partial charge is 0.508 e. The van der Waals surface area contributed by atoms with Gasteiger partial charge in [0.05, 0.1) is 5.56 Å². The smallest absolute Gasteiger partial charge is 0.380 e. The Morgan fingerprint density at radius 3 is 2.56 bits per heavy atom. The standard InChI is InChI=1S/C10H8O6/c11-3-4-16-10(15)9(14)7-2-1-6(12)5-8(7)13/h1-3,5,12-13H,4H2. The molecule has 0 aliphatic heterocycles. The summed E-state index contributed by atoms with van der Waals surface area (Å²) >= 11 is 0. The molecule has 0 aliphatic rings. The van der Waals surface area contributed by atoms with Crippen LogP contribution in [-0.4, -0.2) is 34.9 Å². The lowest BCUT2D eigenvalue weighted by molar-refractivity contribution is -0.140. The first-order chi connectivity index (χ1) is 7.56. The van der Waals surface area contributed by atoms with Crippen molar-refractivity contribution in [1.29, 1.82) is 0 Å². The fourth-order valence-corrected chi connectivity index (χ4v) is 0.997. The van der Waals surface area contributed by atoms with Gasteiger partial charge in [0.2, 0.25) is 0 Å². The summed E-state index contributed by atoms with van der Waals surface area (Å²) in [6.45, 7) is -0.524. The number of carbonyl (C=O) groups excluding carboxylic acids is 3. The predicted octanol–water partition coefficient (Wildman–Crippen LogP) is 0.0226. The van der Waals surface area contributed by atoms with Gasteiger partial charge in [-0.25, -0.2) is 4.79 Å². The molecule has 1 rings (SSSR count). The van der Waals surface area contributed by atoms with Gasteiger partial charge in [-0.2, -0.15) is 0 Å². The summed E-state index contributed by atoms with van der Waals surface area (Å²) in [7, 11) is 0. The lowest BCUT2D eigenvalue weighted by Crippen LogP contribution is -2.18. The fourth-order valence-electron chi connectivity index (χ4n) is 0.997. The van der Waals surface area contributed by atoms with Crippen LogP contribution < -0.4 is 0 Å². The first-order valence-corrected chi connectivity index (χ1v) is 4.23. The summed E-state index contributed by atoms with van der Waals surface area (Å²) in [6, 6.07) is 3.13. The van der Waals surface area contributed by atoms with Gasteiger partial charge in [-0.1, -0.05) is 0 Å². The molecule has 0 saturated heterocycles. The number of phenols is 2. The van der Waals surface area contributed by atoms with E-state index in [2.05, 4.69) is 4.74 Å². The molecule has 2 N–H and O–H groups in total. The first-order valence-electron chi connectivity index (χ1n) is 4.23. The van der Waals surface area contributed by atoms with Gasteiger partial charge >= 0.3 is 5.97 Å². The van der Waals surface area contributed by atoms with Crippen LogP contribution in [0.5, 0.6) is 11.5 Å². The number of ether oxygens (including phenoxy) is 1. The average molecular weight is 224 g/mol. The van der Waals surface area contributed by atoms with Crippen molar-refractivity contribution in [1.82, 2.24) is 0 Å². The van der Waals surface area contributed by atoms with E-state index in [0.717, 1.165) is 18.2 Å². The molecule has 6 heteroatoms. The third-order valence-corrected chi connectivity index (χ3v) is 1.69. The van der Waals surface area contributed by atoms with Gasteiger partial charge in [-0.3, -0.25) is 9.59 Å². The van der Waals surface area contributed by atoms with Crippen molar-refractivity contribution in [2.24, 2.45) is 0 Å². The van der Waals surface area contributed by atoms with Crippen LogP contribution in [0.4, 0.5) is 0 Å². The second-order valence-corrected chi connectivity index (χ2v) is 2.80. The topological polar surface area (TPSA) is 101 Å². The molecule has 0 spiro atoms. The Labute approximate surface area is 90.1 Å². The predicted molar refractivity (Wildman–Crippen MR) is 51.1 cm³/mol. The van der Waals surface area contributed by atoms with Crippen molar-refractivity contribution in [3.05, 3.63) is 23.8 Å². The molecular weight excluding hydrogens is 216 g/mol. The van der Waals surface area contributed by atoms with Crippen LogP contribution in [0.1, 0.15) is 10.4 Å². The van der Waals surface area contributed by atoms with Gasteiger partial charge in [0.1, 0.15) is 18.1 Å². The van der Waals surface area contributed by atoms with Crippen LogP contribution in [0.2, 0.25) is 0 Å². The number of aldehydes is 1. The fraction of sp³-hybridized carbons (Fsp3) is 0.100. The maximum Gasteiger partial charge on any atom is 0.380 e. The number of rotatable bonds is 4. The second-order valence-electron chi connectivity index (χ2n) is 2.80. The number of Topliss-reactive ketones (excluding diaryl/α,β-unsaturated/α-hetero) is 1. The number of carbonyl (C=O) groups is 3. The van der Waals surface area contributed by atoms with Gasteiger partial charge in [-0.05, 0) is 12.1 Å². The molecule has 0 saturated carbocycles. The van der Waals surface area contributed by atoms with Gasteiger partial charge in [0.25, 0.3) is 5.78 Å². The Kier molecular flexibility index (Phi) is 3.60. The van der Waals surface area contributed by atoms with E-state index in [1.165, 1.54) is 0 Å². The maximum atomic E-state index is 11.4.